The average molecular weight is 340 g/mol. The van der Waals surface area contributed by atoms with Crippen molar-refractivity contribution in [2.24, 2.45) is 5.73 Å². The van der Waals surface area contributed by atoms with Crippen LogP contribution in [0, 0.1) is 5.82 Å². The van der Waals surface area contributed by atoms with Gasteiger partial charge in [0.05, 0.1) is 0 Å². The van der Waals surface area contributed by atoms with Crippen molar-refractivity contribution < 1.29 is 14.3 Å². The number of allylic oxidation sites excluding steroid dienone is 1. The number of carbonyl (C=O) groups is 1. The molecule has 2 aliphatic rings. The molecule has 1 fully saturated rings. The summed E-state index contributed by atoms with van der Waals surface area (Å²) in [4.78, 5) is 11.3. The van der Waals surface area contributed by atoms with Gasteiger partial charge in [-0.3, -0.25) is 4.79 Å². The zero-order chi connectivity index (χ0) is 14.5. The van der Waals surface area contributed by atoms with Gasteiger partial charge in [0.1, 0.15) is 11.4 Å². The largest absolute Gasteiger partial charge is 0.480 e. The number of hydrogen-bond acceptors (Lipinski definition) is 2. The first-order valence-corrected chi connectivity index (χ1v) is 7.37. The Labute approximate surface area is 124 Å². The summed E-state index contributed by atoms with van der Waals surface area (Å²) in [5, 5.41) is 9.23. The predicted octanol–water partition coefficient (Wildman–Crippen LogP) is 3.17. The Morgan fingerprint density at radius 2 is 1.95 bits per heavy atom. The molecule has 0 aliphatic heterocycles. The molecule has 0 aromatic heterocycles. The van der Waals surface area contributed by atoms with E-state index < -0.39 is 11.5 Å². The third kappa shape index (κ3) is 1.84. The van der Waals surface area contributed by atoms with Gasteiger partial charge in [-0.1, -0.05) is 22.0 Å². The number of carboxylic acids is 1. The van der Waals surface area contributed by atoms with E-state index >= 15 is 0 Å². The van der Waals surface area contributed by atoms with Crippen molar-refractivity contribution >= 4 is 28.0 Å². The van der Waals surface area contributed by atoms with Crippen molar-refractivity contribution in [3.8, 4) is 0 Å². The summed E-state index contributed by atoms with van der Waals surface area (Å²) in [5.74, 6) is -1.20. The molecule has 1 spiro atoms. The summed E-state index contributed by atoms with van der Waals surface area (Å²) in [6.45, 7) is 0. The lowest BCUT2D eigenvalue weighted by molar-refractivity contribution is -0.145. The maximum atomic E-state index is 13.3. The van der Waals surface area contributed by atoms with Crippen LogP contribution in [-0.4, -0.2) is 16.6 Å². The molecule has 0 saturated heterocycles. The van der Waals surface area contributed by atoms with Crippen LogP contribution in [0.1, 0.15) is 36.8 Å². The Hall–Kier alpha value is -1.20. The molecule has 1 aromatic rings. The topological polar surface area (TPSA) is 63.3 Å². The van der Waals surface area contributed by atoms with E-state index in [0.29, 0.717) is 25.7 Å². The second kappa shape index (κ2) is 4.40. The SMILES string of the molecule is NC1(C(=O)O)CCC2(CC1)C(Br)=Cc1cc(F)ccc12. The molecule has 0 unspecified atom stereocenters. The summed E-state index contributed by atoms with van der Waals surface area (Å²) < 4.78 is 14.3. The molecular weight excluding hydrogens is 325 g/mol. The minimum atomic E-state index is -1.14. The van der Waals surface area contributed by atoms with Gasteiger partial charge in [0.25, 0.3) is 0 Å². The van der Waals surface area contributed by atoms with Crippen LogP contribution in [0.15, 0.2) is 22.7 Å². The highest BCUT2D eigenvalue weighted by Gasteiger charge is 2.49. The second-order valence-corrected chi connectivity index (χ2v) is 6.62. The van der Waals surface area contributed by atoms with Crippen molar-refractivity contribution in [1.82, 2.24) is 0 Å². The fourth-order valence-electron chi connectivity index (χ4n) is 3.34. The molecule has 0 amide bonds. The van der Waals surface area contributed by atoms with Gasteiger partial charge in [-0.05, 0) is 55.0 Å². The molecule has 1 aromatic carbocycles. The molecule has 5 heteroatoms. The van der Waals surface area contributed by atoms with Crippen LogP contribution in [-0.2, 0) is 10.2 Å². The zero-order valence-corrected chi connectivity index (χ0v) is 12.4. The monoisotopic (exact) mass is 339 g/mol. The lowest BCUT2D eigenvalue weighted by Gasteiger charge is -2.42. The van der Waals surface area contributed by atoms with Gasteiger partial charge >= 0.3 is 5.97 Å². The Morgan fingerprint density at radius 1 is 1.30 bits per heavy atom. The van der Waals surface area contributed by atoms with E-state index in [-0.39, 0.29) is 11.2 Å². The maximum Gasteiger partial charge on any atom is 0.323 e. The number of nitrogens with two attached hydrogens (primary N) is 1. The molecule has 1 saturated carbocycles. The van der Waals surface area contributed by atoms with Gasteiger partial charge in [0.15, 0.2) is 0 Å². The van der Waals surface area contributed by atoms with Crippen molar-refractivity contribution in [2.45, 2.75) is 36.6 Å². The lowest BCUT2D eigenvalue weighted by Crippen LogP contribution is -2.53. The van der Waals surface area contributed by atoms with E-state index in [4.69, 9.17) is 5.73 Å². The summed E-state index contributed by atoms with van der Waals surface area (Å²) >= 11 is 3.59. The van der Waals surface area contributed by atoms with Gasteiger partial charge in [-0.25, -0.2) is 4.39 Å². The highest BCUT2D eigenvalue weighted by Crippen LogP contribution is 2.54. The van der Waals surface area contributed by atoms with E-state index in [9.17, 15) is 14.3 Å². The Kier molecular flexibility index (Phi) is 3.03. The summed E-state index contributed by atoms with van der Waals surface area (Å²) in [5.41, 5.74) is 6.52. The molecule has 2 aliphatic carbocycles. The first-order valence-electron chi connectivity index (χ1n) is 6.57. The minimum Gasteiger partial charge on any atom is -0.480 e. The lowest BCUT2D eigenvalue weighted by atomic mass is 9.65. The number of halogens is 2. The smallest absolute Gasteiger partial charge is 0.323 e. The van der Waals surface area contributed by atoms with E-state index in [1.807, 2.05) is 6.08 Å². The molecule has 3 nitrogen and oxygen atoms in total. The first kappa shape index (κ1) is 13.8. The number of rotatable bonds is 1. The van der Waals surface area contributed by atoms with E-state index in [1.165, 1.54) is 12.1 Å². The van der Waals surface area contributed by atoms with Gasteiger partial charge in [0, 0.05) is 9.90 Å². The standard InChI is InChI=1S/C15H15BrFNO2/c16-12-8-9-7-10(17)1-2-11(9)14(12)3-5-15(18,6-4-14)13(19)20/h1-2,7-8H,3-6,18H2,(H,19,20). The maximum absolute atomic E-state index is 13.3. The van der Waals surface area contributed by atoms with E-state index in [2.05, 4.69) is 15.9 Å². The van der Waals surface area contributed by atoms with Crippen LogP contribution >= 0.6 is 15.9 Å². The number of benzene rings is 1. The number of hydrogen-bond donors (Lipinski definition) is 2. The molecule has 3 rings (SSSR count). The van der Waals surface area contributed by atoms with Crippen LogP contribution in [0.3, 0.4) is 0 Å². The Bertz CT molecular complexity index is 618. The fourth-order valence-corrected chi connectivity index (χ4v) is 4.19. The van der Waals surface area contributed by atoms with Gasteiger partial charge in [0.2, 0.25) is 0 Å². The van der Waals surface area contributed by atoms with Crippen LogP contribution in [0.5, 0.6) is 0 Å². The zero-order valence-electron chi connectivity index (χ0n) is 10.8. The minimum absolute atomic E-state index is 0.235. The molecule has 3 N–H and O–H groups in total. The summed E-state index contributed by atoms with van der Waals surface area (Å²) in [7, 11) is 0. The highest BCUT2D eigenvalue weighted by atomic mass is 79.9. The van der Waals surface area contributed by atoms with Crippen LogP contribution < -0.4 is 5.73 Å². The van der Waals surface area contributed by atoms with Crippen molar-refractivity contribution in [2.75, 3.05) is 0 Å². The van der Waals surface area contributed by atoms with Crippen molar-refractivity contribution in [3.05, 3.63) is 39.6 Å². The van der Waals surface area contributed by atoms with Gasteiger partial charge < -0.3 is 10.8 Å². The average Bonchev–Trinajstić information content (AvgIpc) is 2.65. The Balaban J connectivity index is 1.97. The molecule has 0 atom stereocenters. The van der Waals surface area contributed by atoms with Crippen LogP contribution in [0.2, 0.25) is 0 Å². The third-order valence-electron chi connectivity index (χ3n) is 4.69. The normalized spacial score (nSPS) is 32.0. The quantitative estimate of drug-likeness (QED) is 0.825. The molecule has 0 radical (unpaired) electrons. The number of carboxylic acid groups (broad SMARTS) is 1. The molecule has 0 bridgehead atoms. The highest BCUT2D eigenvalue weighted by molar-refractivity contribution is 9.11. The molecular formula is C15H15BrFNO2. The van der Waals surface area contributed by atoms with Crippen LogP contribution in [0.25, 0.3) is 6.08 Å². The van der Waals surface area contributed by atoms with Gasteiger partial charge in [-0.15, -0.1) is 0 Å². The second-order valence-electron chi connectivity index (χ2n) is 5.77. The fraction of sp³-hybridized carbons (Fsp3) is 0.400. The molecule has 20 heavy (non-hydrogen) atoms. The molecule has 106 valence electrons. The number of aliphatic carboxylic acids is 1. The summed E-state index contributed by atoms with van der Waals surface area (Å²) in [6.07, 6.45) is 4.09. The first-order chi connectivity index (χ1) is 9.37. The van der Waals surface area contributed by atoms with E-state index in [0.717, 1.165) is 15.6 Å². The Morgan fingerprint density at radius 3 is 2.55 bits per heavy atom. The molecule has 0 heterocycles. The number of fused-ring (bicyclic) bond motifs is 2. The summed E-state index contributed by atoms with van der Waals surface area (Å²) in [6, 6.07) is 4.79. The van der Waals surface area contributed by atoms with Gasteiger partial charge in [-0.2, -0.15) is 0 Å². The van der Waals surface area contributed by atoms with Crippen molar-refractivity contribution in [3.63, 3.8) is 0 Å². The predicted molar refractivity (Wildman–Crippen MR) is 78.0 cm³/mol. The third-order valence-corrected chi connectivity index (χ3v) is 5.68. The van der Waals surface area contributed by atoms with Crippen LogP contribution in [0.4, 0.5) is 4.39 Å². The van der Waals surface area contributed by atoms with Crippen molar-refractivity contribution in [1.29, 1.82) is 0 Å². The van der Waals surface area contributed by atoms with E-state index in [1.54, 1.807) is 6.07 Å².